The summed E-state index contributed by atoms with van der Waals surface area (Å²) >= 11 is 0. The van der Waals surface area contributed by atoms with Crippen molar-refractivity contribution in [2.45, 2.75) is 71.0 Å². The summed E-state index contributed by atoms with van der Waals surface area (Å²) in [6.07, 6.45) is 0.445. The number of β-lactam (4-membered cyclic amide) rings is 1. The van der Waals surface area contributed by atoms with Gasteiger partial charge in [0.05, 0.1) is 0 Å². The normalized spacial score (nSPS) is 21.4. The molecular weight excluding hydrogens is 262 g/mol. The van der Waals surface area contributed by atoms with Crippen LogP contribution < -0.4 is 5.32 Å². The van der Waals surface area contributed by atoms with Gasteiger partial charge in [0.25, 0.3) is 0 Å². The SMILES string of the molecule is CC(=O)O[C@H](CC1CC(=O)N1)O[Si](C)(C)C(C)(C)C. The quantitative estimate of drug-likeness (QED) is 0.364. The van der Waals surface area contributed by atoms with Crippen molar-refractivity contribution in [3.05, 3.63) is 0 Å². The van der Waals surface area contributed by atoms with Crippen molar-refractivity contribution in [1.82, 2.24) is 5.32 Å². The standard InChI is InChI=1S/C13H25NO4Si/c1-9(15)17-12(8-10-7-11(16)14-10)18-19(5,6)13(2,3)4/h10,12H,7-8H2,1-6H3,(H,14,16)/t10?,12-/m0/s1. The fourth-order valence-corrected chi connectivity index (χ4v) is 2.77. The maximum absolute atomic E-state index is 11.2. The first-order chi connectivity index (χ1) is 8.51. The second-order valence-corrected chi connectivity index (χ2v) is 11.4. The van der Waals surface area contributed by atoms with E-state index in [9.17, 15) is 9.59 Å². The van der Waals surface area contributed by atoms with E-state index in [0.717, 1.165) is 0 Å². The molecule has 0 aromatic rings. The average Bonchev–Trinajstić information content (AvgIpc) is 2.11. The van der Waals surface area contributed by atoms with E-state index < -0.39 is 14.6 Å². The number of ether oxygens (including phenoxy) is 1. The van der Waals surface area contributed by atoms with Crippen molar-refractivity contribution < 1.29 is 18.8 Å². The molecule has 1 rings (SSSR count). The Balaban J connectivity index is 2.63. The molecule has 5 nitrogen and oxygen atoms in total. The Hall–Kier alpha value is -0.883. The first-order valence-electron chi connectivity index (χ1n) is 6.65. The topological polar surface area (TPSA) is 64.6 Å². The summed E-state index contributed by atoms with van der Waals surface area (Å²) in [6.45, 7) is 12.0. The molecule has 0 radical (unpaired) electrons. The van der Waals surface area contributed by atoms with Gasteiger partial charge in [0, 0.05) is 25.8 Å². The predicted molar refractivity (Wildman–Crippen MR) is 75.0 cm³/mol. The monoisotopic (exact) mass is 287 g/mol. The van der Waals surface area contributed by atoms with Crippen molar-refractivity contribution in [2.24, 2.45) is 0 Å². The van der Waals surface area contributed by atoms with E-state index in [0.29, 0.717) is 12.8 Å². The molecule has 1 aliphatic heterocycles. The Bertz CT molecular complexity index is 354. The van der Waals surface area contributed by atoms with Gasteiger partial charge < -0.3 is 14.5 Å². The molecule has 1 N–H and O–H groups in total. The zero-order valence-corrected chi connectivity index (χ0v) is 13.7. The molecule has 0 aromatic heterocycles. The number of nitrogens with one attached hydrogen (secondary N) is 1. The molecule has 0 bridgehead atoms. The maximum Gasteiger partial charge on any atom is 0.304 e. The van der Waals surface area contributed by atoms with Crippen molar-refractivity contribution in [2.75, 3.05) is 0 Å². The second-order valence-electron chi connectivity index (χ2n) is 6.62. The summed E-state index contributed by atoms with van der Waals surface area (Å²) in [5, 5.41) is 2.83. The number of hydrogen-bond acceptors (Lipinski definition) is 4. The maximum atomic E-state index is 11.2. The van der Waals surface area contributed by atoms with Crippen molar-refractivity contribution in [1.29, 1.82) is 0 Å². The van der Waals surface area contributed by atoms with Crippen LogP contribution in [0, 0.1) is 0 Å². The molecule has 0 saturated carbocycles. The molecule has 1 amide bonds. The zero-order valence-electron chi connectivity index (χ0n) is 12.7. The lowest BCUT2D eigenvalue weighted by Crippen LogP contribution is -2.52. The molecule has 1 aliphatic rings. The largest absolute Gasteiger partial charge is 0.437 e. The van der Waals surface area contributed by atoms with Gasteiger partial charge in [-0.25, -0.2) is 0 Å². The number of carbonyl (C=O) groups is 2. The second kappa shape index (κ2) is 5.62. The highest BCUT2D eigenvalue weighted by Crippen LogP contribution is 2.38. The number of esters is 1. The van der Waals surface area contributed by atoms with Gasteiger partial charge in [-0.3, -0.25) is 9.59 Å². The van der Waals surface area contributed by atoms with E-state index in [1.54, 1.807) is 0 Å². The van der Waals surface area contributed by atoms with Gasteiger partial charge in [0.15, 0.2) is 14.6 Å². The molecule has 1 heterocycles. The smallest absolute Gasteiger partial charge is 0.304 e. The zero-order chi connectivity index (χ0) is 14.8. The van der Waals surface area contributed by atoms with Crippen molar-refractivity contribution in [3.63, 3.8) is 0 Å². The van der Waals surface area contributed by atoms with Gasteiger partial charge in [0.2, 0.25) is 5.91 Å². The highest BCUT2D eigenvalue weighted by molar-refractivity contribution is 6.74. The highest BCUT2D eigenvalue weighted by atomic mass is 28.4. The lowest BCUT2D eigenvalue weighted by molar-refractivity contribution is -0.165. The van der Waals surface area contributed by atoms with E-state index in [-0.39, 0.29) is 23.0 Å². The highest BCUT2D eigenvalue weighted by Gasteiger charge is 2.41. The molecule has 19 heavy (non-hydrogen) atoms. The molecule has 1 fully saturated rings. The Morgan fingerprint density at radius 1 is 1.47 bits per heavy atom. The van der Waals surface area contributed by atoms with Crippen molar-refractivity contribution in [3.8, 4) is 0 Å². The van der Waals surface area contributed by atoms with Crippen LogP contribution in [-0.4, -0.2) is 32.5 Å². The van der Waals surface area contributed by atoms with Crippen LogP contribution in [0.3, 0.4) is 0 Å². The van der Waals surface area contributed by atoms with Crippen LogP contribution in [0.4, 0.5) is 0 Å². The van der Waals surface area contributed by atoms with Gasteiger partial charge in [0.1, 0.15) is 0 Å². The van der Waals surface area contributed by atoms with Crippen LogP contribution in [0.15, 0.2) is 0 Å². The fourth-order valence-electron chi connectivity index (χ4n) is 1.62. The Labute approximate surface area is 116 Å². The number of rotatable bonds is 5. The molecule has 2 atom stereocenters. The van der Waals surface area contributed by atoms with Crippen molar-refractivity contribution >= 4 is 20.2 Å². The Morgan fingerprint density at radius 3 is 2.37 bits per heavy atom. The van der Waals surface area contributed by atoms with E-state index in [1.807, 2.05) is 0 Å². The van der Waals surface area contributed by atoms with Crippen LogP contribution in [0.1, 0.15) is 40.5 Å². The molecule has 6 heteroatoms. The van der Waals surface area contributed by atoms with Crippen LogP contribution in [0.25, 0.3) is 0 Å². The first kappa shape index (κ1) is 16.2. The summed E-state index contributed by atoms with van der Waals surface area (Å²) in [6, 6.07) is 0.0571. The van der Waals surface area contributed by atoms with Crippen LogP contribution in [0.2, 0.25) is 18.1 Å². The van der Waals surface area contributed by atoms with Gasteiger partial charge >= 0.3 is 5.97 Å². The lowest BCUT2D eigenvalue weighted by Gasteiger charge is -2.40. The summed E-state index contributed by atoms with van der Waals surface area (Å²) < 4.78 is 11.3. The molecular formula is C13H25NO4Si. The minimum atomic E-state index is -2.00. The summed E-state index contributed by atoms with van der Waals surface area (Å²) in [5.74, 6) is -0.312. The van der Waals surface area contributed by atoms with E-state index in [1.165, 1.54) is 6.92 Å². The summed E-state index contributed by atoms with van der Waals surface area (Å²) in [4.78, 5) is 22.1. The fraction of sp³-hybridized carbons (Fsp3) is 0.846. The van der Waals surface area contributed by atoms with Gasteiger partial charge in [-0.05, 0) is 18.1 Å². The molecule has 0 aromatic carbocycles. The molecule has 110 valence electrons. The third-order valence-corrected chi connectivity index (χ3v) is 8.27. The summed E-state index contributed by atoms with van der Waals surface area (Å²) in [5.41, 5.74) is 0. The molecule has 1 unspecified atom stereocenters. The Kier molecular flexibility index (Phi) is 4.79. The minimum absolute atomic E-state index is 0.0406. The van der Waals surface area contributed by atoms with Crippen LogP contribution in [-0.2, 0) is 18.8 Å². The minimum Gasteiger partial charge on any atom is -0.437 e. The van der Waals surface area contributed by atoms with Crippen LogP contribution >= 0.6 is 0 Å². The van der Waals surface area contributed by atoms with E-state index in [2.05, 4.69) is 39.2 Å². The predicted octanol–water partition coefficient (Wildman–Crippen LogP) is 2.18. The van der Waals surface area contributed by atoms with E-state index >= 15 is 0 Å². The van der Waals surface area contributed by atoms with E-state index in [4.69, 9.17) is 9.16 Å². The molecule has 0 aliphatic carbocycles. The van der Waals surface area contributed by atoms with Gasteiger partial charge in [-0.2, -0.15) is 0 Å². The third kappa shape index (κ3) is 4.61. The van der Waals surface area contributed by atoms with Gasteiger partial charge in [-0.15, -0.1) is 0 Å². The average molecular weight is 287 g/mol. The number of hydrogen-bond donors (Lipinski definition) is 1. The third-order valence-electron chi connectivity index (χ3n) is 3.80. The lowest BCUT2D eigenvalue weighted by atomic mass is 10.0. The van der Waals surface area contributed by atoms with Gasteiger partial charge in [-0.1, -0.05) is 20.8 Å². The summed E-state index contributed by atoms with van der Waals surface area (Å²) in [7, 11) is -2.00. The Morgan fingerprint density at radius 2 is 2.00 bits per heavy atom. The molecule has 1 saturated heterocycles. The number of carbonyl (C=O) groups excluding carboxylic acids is 2. The first-order valence-corrected chi connectivity index (χ1v) is 9.56. The van der Waals surface area contributed by atoms with Crippen LogP contribution in [0.5, 0.6) is 0 Å². The number of amides is 1. The molecule has 0 spiro atoms.